The maximum atomic E-state index is 9.36. The van der Waals surface area contributed by atoms with Gasteiger partial charge in [0.05, 0.1) is 5.69 Å². The molecule has 3 N–H and O–H groups in total. The third-order valence-electron chi connectivity index (χ3n) is 1.92. The number of rotatable bonds is 1. The first kappa shape index (κ1) is 7.73. The van der Waals surface area contributed by atoms with Gasteiger partial charge in [-0.05, 0) is 24.3 Å². The van der Waals surface area contributed by atoms with Gasteiger partial charge in [-0.3, -0.25) is 0 Å². The summed E-state index contributed by atoms with van der Waals surface area (Å²) in [7, 11) is 0. The summed E-state index contributed by atoms with van der Waals surface area (Å²) in [6.45, 7) is 0. The molecule has 13 heavy (non-hydrogen) atoms. The van der Waals surface area contributed by atoms with E-state index >= 15 is 0 Å². The van der Waals surface area contributed by atoms with Crippen molar-refractivity contribution in [1.82, 2.24) is 4.57 Å². The minimum Gasteiger partial charge on any atom is -0.506 e. The van der Waals surface area contributed by atoms with Crippen molar-refractivity contribution in [3.8, 4) is 11.4 Å². The lowest BCUT2D eigenvalue weighted by molar-refractivity contribution is 0.477. The third-order valence-corrected chi connectivity index (χ3v) is 1.92. The number of benzene rings is 1. The molecule has 2 aromatic rings. The molecule has 0 unspecified atom stereocenters. The maximum absolute atomic E-state index is 9.36. The zero-order valence-corrected chi connectivity index (χ0v) is 7.01. The number of phenolic OH excluding ortho intramolecular Hbond substituents is 1. The van der Waals surface area contributed by atoms with Crippen LogP contribution in [0.3, 0.4) is 0 Å². The van der Waals surface area contributed by atoms with E-state index in [0.29, 0.717) is 5.69 Å². The number of anilines is 1. The summed E-state index contributed by atoms with van der Waals surface area (Å²) in [5.41, 5.74) is 6.78. The molecule has 0 saturated carbocycles. The van der Waals surface area contributed by atoms with E-state index in [1.54, 1.807) is 12.1 Å². The van der Waals surface area contributed by atoms with Crippen LogP contribution in [-0.2, 0) is 0 Å². The fourth-order valence-electron chi connectivity index (χ4n) is 1.20. The van der Waals surface area contributed by atoms with Crippen molar-refractivity contribution >= 4 is 5.69 Å². The molecule has 66 valence electrons. The molecule has 1 aromatic heterocycles. The van der Waals surface area contributed by atoms with Crippen LogP contribution in [0.4, 0.5) is 5.69 Å². The van der Waals surface area contributed by atoms with Crippen molar-refractivity contribution in [2.75, 3.05) is 5.73 Å². The van der Waals surface area contributed by atoms with E-state index in [9.17, 15) is 5.11 Å². The van der Waals surface area contributed by atoms with Crippen molar-refractivity contribution in [3.63, 3.8) is 0 Å². The van der Waals surface area contributed by atoms with Crippen molar-refractivity contribution in [3.05, 3.63) is 42.7 Å². The minimum atomic E-state index is 0.117. The highest BCUT2D eigenvalue weighted by molar-refractivity contribution is 5.56. The molecule has 0 aliphatic heterocycles. The molecule has 3 nitrogen and oxygen atoms in total. The molecule has 0 atom stereocenters. The van der Waals surface area contributed by atoms with Crippen LogP contribution in [0, 0.1) is 0 Å². The molecule has 1 heterocycles. The van der Waals surface area contributed by atoms with Crippen LogP contribution in [0.5, 0.6) is 5.75 Å². The Balaban J connectivity index is 2.49. The summed E-state index contributed by atoms with van der Waals surface area (Å²) in [4.78, 5) is 0. The second-order valence-corrected chi connectivity index (χ2v) is 2.83. The molecule has 0 bridgehead atoms. The lowest BCUT2D eigenvalue weighted by Crippen LogP contribution is -1.91. The van der Waals surface area contributed by atoms with Crippen LogP contribution in [0.25, 0.3) is 5.69 Å². The molecule has 0 aliphatic rings. The summed E-state index contributed by atoms with van der Waals surface area (Å²) in [5.74, 6) is 0.117. The van der Waals surface area contributed by atoms with E-state index in [4.69, 9.17) is 5.73 Å². The van der Waals surface area contributed by atoms with Gasteiger partial charge in [-0.1, -0.05) is 0 Å². The largest absolute Gasteiger partial charge is 0.506 e. The lowest BCUT2D eigenvalue weighted by Gasteiger charge is -2.04. The van der Waals surface area contributed by atoms with E-state index in [2.05, 4.69) is 0 Å². The van der Waals surface area contributed by atoms with Crippen LogP contribution in [0.15, 0.2) is 42.7 Å². The molecule has 0 amide bonds. The fraction of sp³-hybridized carbons (Fsp3) is 0. The van der Waals surface area contributed by atoms with E-state index in [1.807, 2.05) is 35.2 Å². The van der Waals surface area contributed by atoms with Gasteiger partial charge in [0.25, 0.3) is 0 Å². The second kappa shape index (κ2) is 2.86. The summed E-state index contributed by atoms with van der Waals surface area (Å²) in [5, 5.41) is 9.36. The molecule has 0 spiro atoms. The van der Waals surface area contributed by atoms with Gasteiger partial charge >= 0.3 is 0 Å². The minimum absolute atomic E-state index is 0.117. The van der Waals surface area contributed by atoms with Crippen molar-refractivity contribution in [2.24, 2.45) is 0 Å². The lowest BCUT2D eigenvalue weighted by atomic mass is 10.2. The van der Waals surface area contributed by atoms with E-state index in [-0.39, 0.29) is 5.75 Å². The number of phenols is 1. The SMILES string of the molecule is Nc1ccc(-n2cccc2)cc1O. The highest BCUT2D eigenvalue weighted by Gasteiger charge is 1.99. The topological polar surface area (TPSA) is 51.2 Å². The summed E-state index contributed by atoms with van der Waals surface area (Å²) in [6, 6.07) is 9.02. The third kappa shape index (κ3) is 1.36. The molecule has 0 fully saturated rings. The fourth-order valence-corrected chi connectivity index (χ4v) is 1.20. The maximum Gasteiger partial charge on any atom is 0.140 e. The first-order chi connectivity index (χ1) is 6.27. The van der Waals surface area contributed by atoms with E-state index in [1.165, 1.54) is 0 Å². The monoisotopic (exact) mass is 174 g/mol. The smallest absolute Gasteiger partial charge is 0.140 e. The highest BCUT2D eigenvalue weighted by Crippen LogP contribution is 2.22. The molecule has 0 radical (unpaired) electrons. The summed E-state index contributed by atoms with van der Waals surface area (Å²) in [6.07, 6.45) is 3.82. The summed E-state index contributed by atoms with van der Waals surface area (Å²) < 4.78 is 1.90. The quantitative estimate of drug-likeness (QED) is 0.511. The van der Waals surface area contributed by atoms with Gasteiger partial charge in [0.2, 0.25) is 0 Å². The first-order valence-corrected chi connectivity index (χ1v) is 3.99. The van der Waals surface area contributed by atoms with Crippen molar-refractivity contribution in [2.45, 2.75) is 0 Å². The molecule has 3 heteroatoms. The Bertz CT molecular complexity index is 407. The average Bonchev–Trinajstić information content (AvgIpc) is 2.62. The summed E-state index contributed by atoms with van der Waals surface area (Å²) >= 11 is 0. The number of nitrogens with zero attached hydrogens (tertiary/aromatic N) is 1. The first-order valence-electron chi connectivity index (χ1n) is 3.99. The Morgan fingerprint density at radius 2 is 1.85 bits per heavy atom. The number of hydrogen-bond donors (Lipinski definition) is 2. The molecule has 1 aromatic carbocycles. The van der Waals surface area contributed by atoms with Crippen LogP contribution in [0.1, 0.15) is 0 Å². The zero-order chi connectivity index (χ0) is 9.26. The van der Waals surface area contributed by atoms with E-state index in [0.717, 1.165) is 5.69 Å². The molecule has 2 rings (SSSR count). The van der Waals surface area contributed by atoms with Crippen molar-refractivity contribution < 1.29 is 5.11 Å². The normalized spacial score (nSPS) is 10.2. The van der Waals surface area contributed by atoms with Crippen molar-refractivity contribution in [1.29, 1.82) is 0 Å². The predicted octanol–water partition coefficient (Wildman–Crippen LogP) is 1.77. The average molecular weight is 174 g/mol. The predicted molar refractivity (Wildman–Crippen MR) is 51.8 cm³/mol. The van der Waals surface area contributed by atoms with Crippen LogP contribution in [0.2, 0.25) is 0 Å². The van der Waals surface area contributed by atoms with Gasteiger partial charge < -0.3 is 15.4 Å². The number of aromatic nitrogens is 1. The Morgan fingerprint density at radius 3 is 2.46 bits per heavy atom. The molecule has 0 aliphatic carbocycles. The standard InChI is InChI=1S/C10H10N2O/c11-9-4-3-8(7-10(9)13)12-5-1-2-6-12/h1-7,13H,11H2. The second-order valence-electron chi connectivity index (χ2n) is 2.83. The Labute approximate surface area is 76.0 Å². The Kier molecular flexibility index (Phi) is 1.70. The van der Waals surface area contributed by atoms with Gasteiger partial charge in [-0.25, -0.2) is 0 Å². The van der Waals surface area contributed by atoms with Crippen LogP contribution >= 0.6 is 0 Å². The number of nitrogen functional groups attached to an aromatic ring is 1. The van der Waals surface area contributed by atoms with Gasteiger partial charge in [0.1, 0.15) is 5.75 Å². The number of aromatic hydroxyl groups is 1. The Hall–Kier alpha value is -1.90. The highest BCUT2D eigenvalue weighted by atomic mass is 16.3. The van der Waals surface area contributed by atoms with Gasteiger partial charge in [0.15, 0.2) is 0 Å². The van der Waals surface area contributed by atoms with Gasteiger partial charge in [-0.15, -0.1) is 0 Å². The van der Waals surface area contributed by atoms with Crippen LogP contribution < -0.4 is 5.73 Å². The molecular weight excluding hydrogens is 164 g/mol. The van der Waals surface area contributed by atoms with E-state index < -0.39 is 0 Å². The number of hydrogen-bond acceptors (Lipinski definition) is 2. The van der Waals surface area contributed by atoms with Gasteiger partial charge in [-0.2, -0.15) is 0 Å². The van der Waals surface area contributed by atoms with Gasteiger partial charge in [0, 0.05) is 24.1 Å². The van der Waals surface area contributed by atoms with Crippen LogP contribution in [-0.4, -0.2) is 9.67 Å². The number of nitrogens with two attached hydrogens (primary N) is 1. The molecular formula is C10H10N2O. The zero-order valence-electron chi connectivity index (χ0n) is 7.01. The Morgan fingerprint density at radius 1 is 1.15 bits per heavy atom. The molecule has 0 saturated heterocycles.